The Hall–Kier alpha value is -3.32. The summed E-state index contributed by atoms with van der Waals surface area (Å²) in [7, 11) is 0. The summed E-state index contributed by atoms with van der Waals surface area (Å²) in [6.45, 7) is 2.81. The molecule has 3 heterocycles. The number of benzene rings is 1. The number of hydrogen-bond acceptors (Lipinski definition) is 7. The molecule has 146 valence electrons. The number of cyclic esters (lactones) is 1. The normalized spacial score (nSPS) is 14.7. The predicted molar refractivity (Wildman–Crippen MR) is 113 cm³/mol. The third kappa shape index (κ3) is 4.57. The number of hydrogen-bond donors (Lipinski definition) is 0. The first-order valence-electron chi connectivity index (χ1n) is 9.35. The fraction of sp³-hybridized carbons (Fsp3) is 0.182. The van der Waals surface area contributed by atoms with Crippen molar-refractivity contribution in [2.24, 2.45) is 4.99 Å². The largest absolute Gasteiger partial charge is 0.494 e. The number of aliphatic imine (C=N–C) groups is 1. The van der Waals surface area contributed by atoms with Crippen LogP contribution in [0.25, 0.3) is 16.8 Å². The number of carbonyl (C=O) groups excluding carboxylic acids is 1. The molecular weight excluding hydrogens is 386 g/mol. The zero-order valence-electron chi connectivity index (χ0n) is 15.9. The molecule has 1 aromatic carbocycles. The van der Waals surface area contributed by atoms with Gasteiger partial charge in [-0.2, -0.15) is 0 Å². The fourth-order valence-electron chi connectivity index (χ4n) is 2.66. The van der Waals surface area contributed by atoms with Crippen LogP contribution >= 0.6 is 11.3 Å². The van der Waals surface area contributed by atoms with Gasteiger partial charge >= 0.3 is 5.97 Å². The Morgan fingerprint density at radius 3 is 2.79 bits per heavy atom. The van der Waals surface area contributed by atoms with Crippen molar-refractivity contribution in [3.05, 3.63) is 71.0 Å². The molecule has 4 rings (SSSR count). The molecule has 0 N–H and O–H groups in total. The van der Waals surface area contributed by atoms with Crippen LogP contribution in [0.2, 0.25) is 0 Å². The molecule has 0 unspecified atom stereocenters. The van der Waals surface area contributed by atoms with Crippen LogP contribution < -0.4 is 4.74 Å². The van der Waals surface area contributed by atoms with Gasteiger partial charge in [-0.05, 0) is 48.9 Å². The number of unbranched alkanes of at least 4 members (excludes halogenated alkanes) is 1. The van der Waals surface area contributed by atoms with Crippen LogP contribution in [-0.4, -0.2) is 28.4 Å². The minimum absolute atomic E-state index is 0.223. The van der Waals surface area contributed by atoms with Crippen LogP contribution in [0.1, 0.15) is 31.0 Å². The Balaban J connectivity index is 1.50. The van der Waals surface area contributed by atoms with Crippen molar-refractivity contribution in [2.45, 2.75) is 19.8 Å². The Morgan fingerprint density at radius 2 is 2.03 bits per heavy atom. The molecule has 0 spiro atoms. The van der Waals surface area contributed by atoms with Gasteiger partial charge in [0.1, 0.15) is 10.8 Å². The van der Waals surface area contributed by atoms with E-state index in [4.69, 9.17) is 9.47 Å². The van der Waals surface area contributed by atoms with E-state index in [9.17, 15) is 4.79 Å². The third-order valence-electron chi connectivity index (χ3n) is 4.18. The van der Waals surface area contributed by atoms with Crippen molar-refractivity contribution in [1.29, 1.82) is 0 Å². The lowest BCUT2D eigenvalue weighted by atomic mass is 10.2. The zero-order valence-corrected chi connectivity index (χ0v) is 16.7. The number of thiazole rings is 1. The van der Waals surface area contributed by atoms with Crippen molar-refractivity contribution in [2.75, 3.05) is 6.61 Å². The monoisotopic (exact) mass is 405 g/mol. The van der Waals surface area contributed by atoms with Gasteiger partial charge in [0.15, 0.2) is 5.70 Å². The van der Waals surface area contributed by atoms with Crippen molar-refractivity contribution in [1.82, 2.24) is 9.97 Å². The maximum atomic E-state index is 12.2. The Bertz CT molecular complexity index is 1060. The molecule has 0 bridgehead atoms. The second kappa shape index (κ2) is 8.79. The lowest BCUT2D eigenvalue weighted by Crippen LogP contribution is -2.05. The van der Waals surface area contributed by atoms with E-state index in [1.807, 2.05) is 47.8 Å². The molecule has 0 atom stereocenters. The summed E-state index contributed by atoms with van der Waals surface area (Å²) in [4.78, 5) is 25.3. The summed E-state index contributed by atoms with van der Waals surface area (Å²) in [5.41, 5.74) is 2.38. The number of esters is 1. The first kappa shape index (κ1) is 19.0. The second-order valence-electron chi connectivity index (χ2n) is 6.35. The van der Waals surface area contributed by atoms with Crippen LogP contribution in [0.3, 0.4) is 0 Å². The van der Waals surface area contributed by atoms with Gasteiger partial charge in [-0.25, -0.2) is 14.8 Å². The van der Waals surface area contributed by atoms with Gasteiger partial charge in [0, 0.05) is 17.1 Å². The maximum Gasteiger partial charge on any atom is 0.363 e. The Labute approximate surface area is 172 Å². The maximum absolute atomic E-state index is 12.2. The Kier molecular flexibility index (Phi) is 5.76. The number of ether oxygens (including phenoxy) is 2. The first-order chi connectivity index (χ1) is 14.2. The zero-order chi connectivity index (χ0) is 20.1. The average Bonchev–Trinajstić information content (AvgIpc) is 3.37. The molecule has 0 saturated heterocycles. The van der Waals surface area contributed by atoms with E-state index in [0.29, 0.717) is 12.3 Å². The van der Waals surface area contributed by atoms with Crippen molar-refractivity contribution in [3.8, 4) is 16.5 Å². The second-order valence-corrected chi connectivity index (χ2v) is 7.21. The van der Waals surface area contributed by atoms with Gasteiger partial charge in [0.05, 0.1) is 18.0 Å². The molecule has 0 aliphatic carbocycles. The molecular formula is C22H19N3O3S. The Morgan fingerprint density at radius 1 is 1.17 bits per heavy atom. The summed E-state index contributed by atoms with van der Waals surface area (Å²) >= 11 is 1.46. The quantitative estimate of drug-likeness (QED) is 0.323. The summed E-state index contributed by atoms with van der Waals surface area (Å²) in [6.07, 6.45) is 5.45. The van der Waals surface area contributed by atoms with Gasteiger partial charge in [0.25, 0.3) is 0 Å². The van der Waals surface area contributed by atoms with Gasteiger partial charge in [0.2, 0.25) is 5.90 Å². The highest BCUT2D eigenvalue weighted by Gasteiger charge is 2.24. The molecule has 29 heavy (non-hydrogen) atoms. The van der Waals surface area contributed by atoms with Crippen LogP contribution in [-0.2, 0) is 9.53 Å². The van der Waals surface area contributed by atoms with E-state index in [0.717, 1.165) is 34.9 Å². The highest BCUT2D eigenvalue weighted by atomic mass is 32.1. The van der Waals surface area contributed by atoms with Gasteiger partial charge in [-0.1, -0.05) is 19.4 Å². The molecule has 1 aliphatic rings. The van der Waals surface area contributed by atoms with E-state index in [1.54, 1.807) is 12.3 Å². The van der Waals surface area contributed by atoms with Crippen LogP contribution in [0.5, 0.6) is 5.75 Å². The van der Waals surface area contributed by atoms with Gasteiger partial charge in [-0.3, -0.25) is 4.98 Å². The molecule has 3 aromatic rings. The summed E-state index contributed by atoms with van der Waals surface area (Å²) in [6, 6.07) is 13.0. The average molecular weight is 405 g/mol. The standard InChI is InChI=1S/C22H19N3O3S/c1-2-3-12-27-17-9-7-15(8-10-17)20-25-19(22(26)28-20)13-16-14-29-21(24-16)18-6-4-5-11-23-18/h4-11,13-14H,2-3,12H2,1H3/b19-13+. The molecule has 0 saturated carbocycles. The van der Waals surface area contributed by atoms with E-state index in [2.05, 4.69) is 21.9 Å². The van der Waals surface area contributed by atoms with Crippen molar-refractivity contribution in [3.63, 3.8) is 0 Å². The SMILES string of the molecule is CCCCOc1ccc(C2=N/C(=C/c3csc(-c4ccccn4)n3)C(=O)O2)cc1. The topological polar surface area (TPSA) is 73.7 Å². The highest BCUT2D eigenvalue weighted by molar-refractivity contribution is 7.13. The fourth-order valence-corrected chi connectivity index (χ4v) is 3.41. The summed E-state index contributed by atoms with van der Waals surface area (Å²) < 4.78 is 11.0. The molecule has 0 amide bonds. The molecule has 7 heteroatoms. The van der Waals surface area contributed by atoms with Crippen LogP contribution in [0.15, 0.2) is 64.7 Å². The number of nitrogens with zero attached hydrogens (tertiary/aromatic N) is 3. The van der Waals surface area contributed by atoms with Gasteiger partial charge < -0.3 is 9.47 Å². The molecule has 6 nitrogen and oxygen atoms in total. The van der Waals surface area contributed by atoms with Crippen LogP contribution in [0, 0.1) is 0 Å². The predicted octanol–water partition coefficient (Wildman–Crippen LogP) is 4.73. The summed E-state index contributed by atoms with van der Waals surface area (Å²) in [5, 5.41) is 2.65. The summed E-state index contributed by atoms with van der Waals surface area (Å²) in [5.74, 6) is 0.574. The third-order valence-corrected chi connectivity index (χ3v) is 5.06. The number of aromatic nitrogens is 2. The minimum atomic E-state index is -0.490. The number of rotatable bonds is 7. The van der Waals surface area contributed by atoms with Crippen LogP contribution in [0.4, 0.5) is 0 Å². The lowest BCUT2D eigenvalue weighted by Gasteiger charge is -2.05. The molecule has 1 aliphatic heterocycles. The molecule has 2 aromatic heterocycles. The van der Waals surface area contributed by atoms with E-state index in [1.165, 1.54) is 11.3 Å². The van der Waals surface area contributed by atoms with E-state index >= 15 is 0 Å². The van der Waals surface area contributed by atoms with E-state index < -0.39 is 5.97 Å². The smallest absolute Gasteiger partial charge is 0.363 e. The number of pyridine rings is 1. The lowest BCUT2D eigenvalue weighted by molar-refractivity contribution is -0.129. The van der Waals surface area contributed by atoms with Crippen molar-refractivity contribution < 1.29 is 14.3 Å². The minimum Gasteiger partial charge on any atom is -0.494 e. The first-order valence-corrected chi connectivity index (χ1v) is 10.2. The molecule has 0 radical (unpaired) electrons. The van der Waals surface area contributed by atoms with E-state index in [-0.39, 0.29) is 11.6 Å². The highest BCUT2D eigenvalue weighted by Crippen LogP contribution is 2.25. The van der Waals surface area contributed by atoms with Gasteiger partial charge in [-0.15, -0.1) is 11.3 Å². The number of carbonyl (C=O) groups is 1. The van der Waals surface area contributed by atoms with Crippen molar-refractivity contribution >= 4 is 29.3 Å². The molecule has 0 fully saturated rings.